The summed E-state index contributed by atoms with van der Waals surface area (Å²) in [6.45, 7) is 1.13. The van der Waals surface area contributed by atoms with Crippen LogP contribution < -0.4 is 15.8 Å². The van der Waals surface area contributed by atoms with Crippen LogP contribution in [-0.2, 0) is 4.74 Å². The highest BCUT2D eigenvalue weighted by molar-refractivity contribution is 6.30. The molecule has 2 rings (SSSR count). The number of ether oxygens (including phenoxy) is 2. The van der Waals surface area contributed by atoms with Crippen LogP contribution in [0.25, 0.3) is 0 Å². The van der Waals surface area contributed by atoms with Crippen LogP contribution in [-0.4, -0.2) is 30.2 Å². The number of benzene rings is 1. The second kappa shape index (κ2) is 6.93. The first-order valence-electron chi connectivity index (χ1n) is 5.98. The zero-order valence-electron chi connectivity index (χ0n) is 11.0. The highest BCUT2D eigenvalue weighted by Crippen LogP contribution is 2.28. The van der Waals surface area contributed by atoms with Gasteiger partial charge in [0.05, 0.1) is 12.8 Å². The summed E-state index contributed by atoms with van der Waals surface area (Å²) in [6, 6.07) is 7.01. The summed E-state index contributed by atoms with van der Waals surface area (Å²) in [7, 11) is 1.63. The van der Waals surface area contributed by atoms with Crippen LogP contribution in [0.15, 0.2) is 30.5 Å². The molecule has 0 radical (unpaired) electrons. The van der Waals surface area contributed by atoms with Crippen molar-refractivity contribution in [2.45, 2.75) is 0 Å². The summed E-state index contributed by atoms with van der Waals surface area (Å²) < 4.78 is 10.7. The van der Waals surface area contributed by atoms with E-state index in [1.807, 2.05) is 0 Å². The normalized spacial score (nSPS) is 10.3. The lowest BCUT2D eigenvalue weighted by Crippen LogP contribution is -2.11. The third-order valence-corrected chi connectivity index (χ3v) is 2.67. The minimum Gasteiger partial charge on any atom is -0.452 e. The molecular formula is C13H15ClN4O2. The monoisotopic (exact) mass is 294 g/mol. The zero-order chi connectivity index (χ0) is 14.4. The van der Waals surface area contributed by atoms with Crippen LogP contribution in [0.3, 0.4) is 0 Å². The van der Waals surface area contributed by atoms with Gasteiger partial charge in [0.25, 0.3) is 0 Å². The van der Waals surface area contributed by atoms with Gasteiger partial charge in [-0.05, 0) is 24.3 Å². The number of nitrogens with two attached hydrogens (primary N) is 1. The van der Waals surface area contributed by atoms with Crippen LogP contribution in [0.2, 0.25) is 5.02 Å². The standard InChI is InChI=1S/C13H15ClN4O2/c1-19-7-6-16-12-11(8-17-13(15)18-12)20-10-4-2-9(14)3-5-10/h2-5,8H,6-7H2,1H3,(H3,15,16,17,18). The lowest BCUT2D eigenvalue weighted by molar-refractivity contribution is 0.210. The Bertz CT molecular complexity index is 563. The Morgan fingerprint density at radius 3 is 2.75 bits per heavy atom. The van der Waals surface area contributed by atoms with Crippen molar-refractivity contribution >= 4 is 23.4 Å². The molecule has 1 aromatic heterocycles. The predicted octanol–water partition coefficient (Wildman–Crippen LogP) is 2.56. The third kappa shape index (κ3) is 3.97. The van der Waals surface area contributed by atoms with Crippen LogP contribution in [0.5, 0.6) is 11.5 Å². The Hall–Kier alpha value is -2.05. The van der Waals surface area contributed by atoms with E-state index in [-0.39, 0.29) is 5.95 Å². The minimum atomic E-state index is 0.174. The largest absolute Gasteiger partial charge is 0.452 e. The number of aromatic nitrogens is 2. The fourth-order valence-corrected chi connectivity index (χ4v) is 1.61. The summed E-state index contributed by atoms with van der Waals surface area (Å²) in [5, 5.41) is 3.72. The van der Waals surface area contributed by atoms with Crippen molar-refractivity contribution in [3.8, 4) is 11.5 Å². The van der Waals surface area contributed by atoms with Crippen molar-refractivity contribution < 1.29 is 9.47 Å². The van der Waals surface area contributed by atoms with Crippen LogP contribution >= 0.6 is 11.6 Å². The average molecular weight is 295 g/mol. The summed E-state index contributed by atoms with van der Waals surface area (Å²) in [5.41, 5.74) is 5.58. The molecule has 0 aliphatic carbocycles. The maximum atomic E-state index is 5.83. The van der Waals surface area contributed by atoms with E-state index in [0.29, 0.717) is 35.5 Å². The van der Waals surface area contributed by atoms with Gasteiger partial charge in [-0.2, -0.15) is 4.98 Å². The Kier molecular flexibility index (Phi) is 4.97. The molecule has 0 fully saturated rings. The fraction of sp³-hybridized carbons (Fsp3) is 0.231. The van der Waals surface area contributed by atoms with E-state index in [9.17, 15) is 0 Å². The Morgan fingerprint density at radius 1 is 1.30 bits per heavy atom. The number of rotatable bonds is 6. The van der Waals surface area contributed by atoms with Gasteiger partial charge in [0.1, 0.15) is 5.75 Å². The van der Waals surface area contributed by atoms with Crippen LogP contribution in [0.4, 0.5) is 11.8 Å². The molecule has 0 aliphatic rings. The molecular weight excluding hydrogens is 280 g/mol. The second-order valence-electron chi connectivity index (χ2n) is 3.92. The summed E-state index contributed by atoms with van der Waals surface area (Å²) in [4.78, 5) is 8.03. The molecule has 0 aliphatic heterocycles. The summed E-state index contributed by atoms with van der Waals surface area (Å²) >= 11 is 5.83. The van der Waals surface area contributed by atoms with E-state index in [1.165, 1.54) is 6.20 Å². The average Bonchev–Trinajstić information content (AvgIpc) is 2.44. The van der Waals surface area contributed by atoms with Gasteiger partial charge in [0.2, 0.25) is 5.95 Å². The highest BCUT2D eigenvalue weighted by Gasteiger charge is 2.08. The lowest BCUT2D eigenvalue weighted by Gasteiger charge is -2.11. The molecule has 0 amide bonds. The first-order chi connectivity index (χ1) is 9.69. The van der Waals surface area contributed by atoms with E-state index in [1.54, 1.807) is 31.4 Å². The van der Waals surface area contributed by atoms with Crippen LogP contribution in [0.1, 0.15) is 0 Å². The third-order valence-electron chi connectivity index (χ3n) is 2.41. The molecule has 0 saturated carbocycles. The van der Waals surface area contributed by atoms with Gasteiger partial charge in [-0.15, -0.1) is 0 Å². The Morgan fingerprint density at radius 2 is 2.05 bits per heavy atom. The number of hydrogen-bond donors (Lipinski definition) is 2. The number of anilines is 2. The molecule has 1 aromatic carbocycles. The Labute approximate surface area is 121 Å². The fourth-order valence-electron chi connectivity index (χ4n) is 1.49. The topological polar surface area (TPSA) is 82.3 Å². The molecule has 6 nitrogen and oxygen atoms in total. The number of hydrogen-bond acceptors (Lipinski definition) is 6. The minimum absolute atomic E-state index is 0.174. The summed E-state index contributed by atoms with van der Waals surface area (Å²) in [6.07, 6.45) is 1.52. The molecule has 2 aromatic rings. The number of halogens is 1. The molecule has 0 unspecified atom stereocenters. The van der Waals surface area contributed by atoms with Gasteiger partial charge < -0.3 is 20.5 Å². The first kappa shape index (κ1) is 14.4. The molecule has 106 valence electrons. The van der Waals surface area contributed by atoms with E-state index in [4.69, 9.17) is 26.8 Å². The highest BCUT2D eigenvalue weighted by atomic mass is 35.5. The molecule has 0 atom stereocenters. The van der Waals surface area contributed by atoms with Crippen LogP contribution in [0, 0.1) is 0 Å². The van der Waals surface area contributed by atoms with Crippen molar-refractivity contribution in [1.82, 2.24) is 9.97 Å². The molecule has 0 spiro atoms. The van der Waals surface area contributed by atoms with Crippen molar-refractivity contribution in [2.24, 2.45) is 0 Å². The molecule has 0 saturated heterocycles. The van der Waals surface area contributed by atoms with E-state index >= 15 is 0 Å². The maximum absolute atomic E-state index is 5.83. The van der Waals surface area contributed by atoms with Gasteiger partial charge in [-0.1, -0.05) is 11.6 Å². The van der Waals surface area contributed by atoms with Crippen molar-refractivity contribution in [3.05, 3.63) is 35.5 Å². The smallest absolute Gasteiger partial charge is 0.222 e. The van der Waals surface area contributed by atoms with Crippen molar-refractivity contribution in [2.75, 3.05) is 31.3 Å². The molecule has 1 heterocycles. The van der Waals surface area contributed by atoms with Crippen molar-refractivity contribution in [3.63, 3.8) is 0 Å². The Balaban J connectivity index is 2.15. The van der Waals surface area contributed by atoms with E-state index in [2.05, 4.69) is 15.3 Å². The lowest BCUT2D eigenvalue weighted by atomic mass is 10.3. The predicted molar refractivity (Wildman–Crippen MR) is 78.3 cm³/mol. The number of nitrogens with one attached hydrogen (secondary N) is 1. The molecule has 7 heteroatoms. The van der Waals surface area contributed by atoms with E-state index < -0.39 is 0 Å². The van der Waals surface area contributed by atoms with Gasteiger partial charge in [-0.25, -0.2) is 4.98 Å². The quantitative estimate of drug-likeness (QED) is 0.797. The van der Waals surface area contributed by atoms with Gasteiger partial charge in [-0.3, -0.25) is 0 Å². The summed E-state index contributed by atoms with van der Waals surface area (Å²) in [5.74, 6) is 1.81. The van der Waals surface area contributed by atoms with Gasteiger partial charge >= 0.3 is 0 Å². The van der Waals surface area contributed by atoms with Crippen molar-refractivity contribution in [1.29, 1.82) is 0 Å². The maximum Gasteiger partial charge on any atom is 0.222 e. The van der Waals surface area contributed by atoms with Gasteiger partial charge in [0, 0.05) is 18.7 Å². The zero-order valence-corrected chi connectivity index (χ0v) is 11.7. The first-order valence-corrected chi connectivity index (χ1v) is 6.35. The molecule has 20 heavy (non-hydrogen) atoms. The number of methoxy groups -OCH3 is 1. The van der Waals surface area contributed by atoms with Gasteiger partial charge in [0.15, 0.2) is 11.6 Å². The molecule has 3 N–H and O–H groups in total. The molecule has 0 bridgehead atoms. The van der Waals surface area contributed by atoms with E-state index in [0.717, 1.165) is 0 Å². The SMILES string of the molecule is COCCNc1nc(N)ncc1Oc1ccc(Cl)cc1. The number of nitrogen functional groups attached to an aromatic ring is 1. The number of nitrogens with zero attached hydrogens (tertiary/aromatic N) is 2. The second-order valence-corrected chi connectivity index (χ2v) is 4.35.